The van der Waals surface area contributed by atoms with Gasteiger partial charge in [-0.3, -0.25) is 9.59 Å². The van der Waals surface area contributed by atoms with Crippen molar-refractivity contribution >= 4 is 11.9 Å². The van der Waals surface area contributed by atoms with Crippen LogP contribution in [0, 0.1) is 23.7 Å². The second kappa shape index (κ2) is 11.5. The minimum absolute atomic E-state index is 0.204. The lowest BCUT2D eigenvalue weighted by Gasteiger charge is -2.28. The first kappa shape index (κ1) is 21.0. The summed E-state index contributed by atoms with van der Waals surface area (Å²) in [5.41, 5.74) is 0. The molecule has 0 amide bonds. The zero-order valence-corrected chi connectivity index (χ0v) is 16.0. The van der Waals surface area contributed by atoms with Crippen LogP contribution < -0.4 is 0 Å². The molecule has 0 aromatic rings. The highest BCUT2D eigenvalue weighted by atomic mass is 16.5. The fourth-order valence-corrected chi connectivity index (χ4v) is 3.13. The molecule has 0 aromatic carbocycles. The third-order valence-electron chi connectivity index (χ3n) is 4.73. The maximum Gasteiger partial charge on any atom is 0.309 e. The smallest absolute Gasteiger partial charge is 0.309 e. The molecule has 2 atom stereocenters. The first-order valence-electron chi connectivity index (χ1n) is 9.75. The van der Waals surface area contributed by atoms with E-state index in [0.29, 0.717) is 25.0 Å². The number of carbonyl (C=O) groups is 2. The van der Waals surface area contributed by atoms with Gasteiger partial charge >= 0.3 is 11.9 Å². The Labute approximate surface area is 147 Å². The Morgan fingerprint density at radius 2 is 1.29 bits per heavy atom. The van der Waals surface area contributed by atoms with Gasteiger partial charge in [-0.2, -0.15) is 0 Å². The predicted octanol–water partition coefficient (Wildman–Crippen LogP) is 4.75. The molecule has 0 aromatic heterocycles. The van der Waals surface area contributed by atoms with E-state index in [-0.39, 0.29) is 23.8 Å². The summed E-state index contributed by atoms with van der Waals surface area (Å²) < 4.78 is 10.8. The molecule has 1 saturated carbocycles. The molecular weight excluding hydrogens is 304 g/mol. The van der Waals surface area contributed by atoms with Gasteiger partial charge in [0.15, 0.2) is 0 Å². The lowest BCUT2D eigenvalue weighted by molar-refractivity contribution is -0.163. The van der Waals surface area contributed by atoms with Crippen molar-refractivity contribution in [2.24, 2.45) is 23.7 Å². The third kappa shape index (κ3) is 8.16. The van der Waals surface area contributed by atoms with Crippen LogP contribution in [0.4, 0.5) is 0 Å². The average molecular weight is 341 g/mol. The Morgan fingerprint density at radius 3 is 1.79 bits per heavy atom. The van der Waals surface area contributed by atoms with E-state index in [1.54, 1.807) is 0 Å². The zero-order chi connectivity index (χ0) is 17.9. The maximum absolute atomic E-state index is 12.4. The molecule has 0 saturated heterocycles. The molecule has 1 fully saturated rings. The number of unbranched alkanes of at least 4 members (excludes halogenated alkanes) is 1. The number of carbonyl (C=O) groups excluding carboxylic acids is 2. The summed E-state index contributed by atoms with van der Waals surface area (Å²) in [5.74, 6) is 0.159. The molecule has 1 aliphatic rings. The van der Waals surface area contributed by atoms with Crippen LogP contribution in [0.2, 0.25) is 0 Å². The summed E-state index contributed by atoms with van der Waals surface area (Å²) >= 11 is 0. The van der Waals surface area contributed by atoms with Crippen molar-refractivity contribution in [1.29, 1.82) is 0 Å². The van der Waals surface area contributed by atoms with Gasteiger partial charge in [0.05, 0.1) is 25.0 Å². The van der Waals surface area contributed by atoms with Gasteiger partial charge in [-0.1, -0.05) is 47.0 Å². The first-order chi connectivity index (χ1) is 11.4. The molecule has 0 radical (unpaired) electrons. The Kier molecular flexibility index (Phi) is 10.0. The molecule has 0 aliphatic heterocycles. The normalized spacial score (nSPS) is 21.1. The summed E-state index contributed by atoms with van der Waals surface area (Å²) in [6.07, 6.45) is 7.47. The quantitative estimate of drug-likeness (QED) is 0.425. The topological polar surface area (TPSA) is 52.6 Å². The van der Waals surface area contributed by atoms with Crippen LogP contribution in [0.5, 0.6) is 0 Å². The SMILES string of the molecule is CC(C)CCCCOC(=O)C1CCCCC1C(=O)OCCC(C)C. The van der Waals surface area contributed by atoms with Crippen molar-refractivity contribution in [1.82, 2.24) is 0 Å². The van der Waals surface area contributed by atoms with Crippen LogP contribution in [0.1, 0.15) is 79.1 Å². The van der Waals surface area contributed by atoms with Crippen LogP contribution in [-0.4, -0.2) is 25.2 Å². The Hall–Kier alpha value is -1.06. The number of rotatable bonds is 10. The molecule has 4 heteroatoms. The second-order valence-electron chi connectivity index (χ2n) is 7.90. The molecule has 0 N–H and O–H groups in total. The molecule has 0 bridgehead atoms. The minimum atomic E-state index is -0.311. The van der Waals surface area contributed by atoms with Crippen molar-refractivity contribution in [3.63, 3.8) is 0 Å². The lowest BCUT2D eigenvalue weighted by atomic mass is 9.79. The largest absolute Gasteiger partial charge is 0.465 e. The second-order valence-corrected chi connectivity index (χ2v) is 7.90. The number of esters is 2. The van der Waals surface area contributed by atoms with E-state index in [4.69, 9.17) is 9.47 Å². The molecule has 24 heavy (non-hydrogen) atoms. The van der Waals surface area contributed by atoms with Crippen molar-refractivity contribution in [3.05, 3.63) is 0 Å². The molecule has 0 heterocycles. The van der Waals surface area contributed by atoms with E-state index in [0.717, 1.165) is 51.4 Å². The molecule has 140 valence electrons. The summed E-state index contributed by atoms with van der Waals surface area (Å²) in [4.78, 5) is 24.7. The van der Waals surface area contributed by atoms with Gasteiger partial charge in [0.25, 0.3) is 0 Å². The summed E-state index contributed by atoms with van der Waals surface area (Å²) in [5, 5.41) is 0. The van der Waals surface area contributed by atoms with E-state index in [9.17, 15) is 9.59 Å². The standard InChI is InChI=1S/C20H36O4/c1-15(2)9-7-8-13-23-19(21)17-10-5-6-11-18(17)20(22)24-14-12-16(3)4/h15-18H,5-14H2,1-4H3. The maximum atomic E-state index is 12.4. The van der Waals surface area contributed by atoms with Crippen LogP contribution in [0.25, 0.3) is 0 Å². The lowest BCUT2D eigenvalue weighted by Crippen LogP contribution is -2.35. The summed E-state index contributed by atoms with van der Waals surface area (Å²) in [6, 6.07) is 0. The predicted molar refractivity (Wildman–Crippen MR) is 95.5 cm³/mol. The van der Waals surface area contributed by atoms with Crippen molar-refractivity contribution < 1.29 is 19.1 Å². The third-order valence-corrected chi connectivity index (χ3v) is 4.73. The summed E-state index contributed by atoms with van der Waals surface area (Å²) in [6.45, 7) is 9.52. The zero-order valence-electron chi connectivity index (χ0n) is 16.0. The van der Waals surface area contributed by atoms with Gasteiger partial charge in [-0.15, -0.1) is 0 Å². The molecule has 2 unspecified atom stereocenters. The van der Waals surface area contributed by atoms with Crippen LogP contribution in [-0.2, 0) is 19.1 Å². The van der Waals surface area contributed by atoms with Crippen LogP contribution >= 0.6 is 0 Å². The van der Waals surface area contributed by atoms with E-state index < -0.39 is 0 Å². The van der Waals surface area contributed by atoms with E-state index >= 15 is 0 Å². The Morgan fingerprint density at radius 1 is 0.792 bits per heavy atom. The molecular formula is C20H36O4. The molecule has 0 spiro atoms. The minimum Gasteiger partial charge on any atom is -0.465 e. The molecule has 4 nitrogen and oxygen atoms in total. The highest BCUT2D eigenvalue weighted by Crippen LogP contribution is 2.32. The van der Waals surface area contributed by atoms with Gasteiger partial charge < -0.3 is 9.47 Å². The van der Waals surface area contributed by atoms with Crippen molar-refractivity contribution in [2.75, 3.05) is 13.2 Å². The highest BCUT2D eigenvalue weighted by molar-refractivity contribution is 5.82. The van der Waals surface area contributed by atoms with E-state index in [2.05, 4.69) is 27.7 Å². The number of ether oxygens (including phenoxy) is 2. The highest BCUT2D eigenvalue weighted by Gasteiger charge is 2.37. The fraction of sp³-hybridized carbons (Fsp3) is 0.900. The molecule has 1 rings (SSSR count). The fourth-order valence-electron chi connectivity index (χ4n) is 3.13. The van der Waals surface area contributed by atoms with Crippen LogP contribution in [0.3, 0.4) is 0 Å². The Balaban J connectivity index is 2.38. The van der Waals surface area contributed by atoms with Gasteiger partial charge in [0, 0.05) is 0 Å². The Bertz CT molecular complexity index is 376. The first-order valence-corrected chi connectivity index (χ1v) is 9.75. The number of hydrogen-bond acceptors (Lipinski definition) is 4. The van der Waals surface area contributed by atoms with Gasteiger partial charge in [-0.05, 0) is 43.9 Å². The van der Waals surface area contributed by atoms with Crippen LogP contribution in [0.15, 0.2) is 0 Å². The summed E-state index contributed by atoms with van der Waals surface area (Å²) in [7, 11) is 0. The van der Waals surface area contributed by atoms with E-state index in [1.807, 2.05) is 0 Å². The van der Waals surface area contributed by atoms with Crippen molar-refractivity contribution in [3.8, 4) is 0 Å². The van der Waals surface area contributed by atoms with E-state index in [1.165, 1.54) is 0 Å². The van der Waals surface area contributed by atoms with Gasteiger partial charge in [0.2, 0.25) is 0 Å². The molecule has 1 aliphatic carbocycles. The van der Waals surface area contributed by atoms with Gasteiger partial charge in [-0.25, -0.2) is 0 Å². The van der Waals surface area contributed by atoms with Gasteiger partial charge in [0.1, 0.15) is 0 Å². The van der Waals surface area contributed by atoms with Crippen molar-refractivity contribution in [2.45, 2.75) is 79.1 Å². The average Bonchev–Trinajstić information content (AvgIpc) is 2.53. The monoisotopic (exact) mass is 340 g/mol. The number of hydrogen-bond donors (Lipinski definition) is 0.